The molecule has 0 unspecified atom stereocenters. The maximum Gasteiger partial charge on any atom is 0.127 e. The van der Waals surface area contributed by atoms with E-state index < -0.39 is 0 Å². The van der Waals surface area contributed by atoms with Crippen molar-refractivity contribution in [2.24, 2.45) is 10.2 Å². The van der Waals surface area contributed by atoms with Crippen LogP contribution >= 0.6 is 0 Å². The quantitative estimate of drug-likeness (QED) is 0.601. The third-order valence-electron chi connectivity index (χ3n) is 4.34. The lowest BCUT2D eigenvalue weighted by atomic mass is 9.90. The average molecular weight is 240 g/mol. The van der Waals surface area contributed by atoms with Gasteiger partial charge in [-0.1, -0.05) is 0 Å². The van der Waals surface area contributed by atoms with Gasteiger partial charge in [-0.05, 0) is 62.4 Å². The number of phenolic OH excluding ortho intramolecular Hbond substituents is 1. The highest BCUT2D eigenvalue weighted by Gasteiger charge is 2.24. The maximum absolute atomic E-state index is 10.4. The first-order chi connectivity index (χ1) is 8.45. The Morgan fingerprint density at radius 2 is 1.11 bits per heavy atom. The first kappa shape index (κ1) is 11.2. The van der Waals surface area contributed by atoms with Gasteiger partial charge in [0.05, 0.1) is 11.4 Å². The predicted molar refractivity (Wildman–Crippen MR) is 73.5 cm³/mol. The van der Waals surface area contributed by atoms with Gasteiger partial charge in [0.1, 0.15) is 5.75 Å². The molecule has 18 heavy (non-hydrogen) atoms. The second kappa shape index (κ2) is 3.31. The SMILES string of the molecule is Cc1c(C)c2c3c(c(C)c(C)c(O)c3c1C)N=N2. The van der Waals surface area contributed by atoms with E-state index >= 15 is 0 Å². The smallest absolute Gasteiger partial charge is 0.127 e. The summed E-state index contributed by atoms with van der Waals surface area (Å²) in [7, 11) is 0. The highest BCUT2D eigenvalue weighted by molar-refractivity contribution is 6.10. The monoisotopic (exact) mass is 240 g/mol. The van der Waals surface area contributed by atoms with Crippen LogP contribution in [0.5, 0.6) is 5.75 Å². The van der Waals surface area contributed by atoms with E-state index in [0.29, 0.717) is 5.75 Å². The van der Waals surface area contributed by atoms with Gasteiger partial charge in [0.25, 0.3) is 0 Å². The van der Waals surface area contributed by atoms with Gasteiger partial charge in [0.15, 0.2) is 0 Å². The zero-order valence-electron chi connectivity index (χ0n) is 11.3. The van der Waals surface area contributed by atoms with Crippen LogP contribution in [0.15, 0.2) is 10.2 Å². The number of hydrogen-bond donors (Lipinski definition) is 1. The Morgan fingerprint density at radius 3 is 1.67 bits per heavy atom. The number of benzene rings is 2. The number of phenols is 1. The molecule has 2 aromatic carbocycles. The molecular formula is C15H16N2O. The van der Waals surface area contributed by atoms with Gasteiger partial charge in [-0.2, -0.15) is 0 Å². The minimum Gasteiger partial charge on any atom is -0.507 e. The zero-order chi connectivity index (χ0) is 13.2. The Kier molecular flexibility index (Phi) is 2.06. The van der Waals surface area contributed by atoms with Gasteiger partial charge in [-0.15, -0.1) is 10.2 Å². The summed E-state index contributed by atoms with van der Waals surface area (Å²) in [6.07, 6.45) is 0. The van der Waals surface area contributed by atoms with Crippen molar-refractivity contribution in [1.82, 2.24) is 0 Å². The molecule has 3 nitrogen and oxygen atoms in total. The van der Waals surface area contributed by atoms with Crippen LogP contribution in [0.25, 0.3) is 10.8 Å². The molecule has 1 N–H and O–H groups in total. The molecule has 2 aromatic rings. The summed E-state index contributed by atoms with van der Waals surface area (Å²) < 4.78 is 0. The number of aryl methyl sites for hydroxylation is 1. The Bertz CT molecular complexity index is 684. The summed E-state index contributed by atoms with van der Waals surface area (Å²) in [5.41, 5.74) is 7.22. The summed E-state index contributed by atoms with van der Waals surface area (Å²) >= 11 is 0. The maximum atomic E-state index is 10.4. The molecule has 0 atom stereocenters. The fraction of sp³-hybridized carbons (Fsp3) is 0.333. The van der Waals surface area contributed by atoms with E-state index in [2.05, 4.69) is 31.0 Å². The minimum atomic E-state index is 0.375. The van der Waals surface area contributed by atoms with E-state index in [0.717, 1.165) is 44.4 Å². The van der Waals surface area contributed by atoms with Crippen LogP contribution in [0, 0.1) is 34.6 Å². The van der Waals surface area contributed by atoms with Crippen molar-refractivity contribution in [1.29, 1.82) is 0 Å². The van der Waals surface area contributed by atoms with Crippen LogP contribution in [0.1, 0.15) is 27.8 Å². The van der Waals surface area contributed by atoms with E-state index in [4.69, 9.17) is 0 Å². The molecule has 1 aliphatic heterocycles. The molecule has 1 heterocycles. The van der Waals surface area contributed by atoms with Crippen LogP contribution in [-0.2, 0) is 0 Å². The fourth-order valence-electron chi connectivity index (χ4n) is 2.75. The van der Waals surface area contributed by atoms with Crippen molar-refractivity contribution in [3.8, 4) is 5.75 Å². The lowest BCUT2D eigenvalue weighted by Gasteiger charge is -2.15. The Hall–Kier alpha value is -1.90. The van der Waals surface area contributed by atoms with Crippen LogP contribution in [0.2, 0.25) is 0 Å². The fourth-order valence-corrected chi connectivity index (χ4v) is 2.75. The highest BCUT2D eigenvalue weighted by Crippen LogP contribution is 2.51. The Labute approximate surface area is 106 Å². The number of nitrogens with zero attached hydrogens (tertiary/aromatic N) is 2. The average Bonchev–Trinajstić information content (AvgIpc) is 2.78. The number of hydrogen-bond acceptors (Lipinski definition) is 3. The molecular weight excluding hydrogens is 224 g/mol. The Balaban J connectivity index is 2.71. The molecule has 3 rings (SSSR count). The van der Waals surface area contributed by atoms with Gasteiger partial charge < -0.3 is 5.11 Å². The summed E-state index contributed by atoms with van der Waals surface area (Å²) in [5.74, 6) is 0.375. The van der Waals surface area contributed by atoms with Crippen molar-refractivity contribution in [3.05, 3.63) is 27.8 Å². The lowest BCUT2D eigenvalue weighted by molar-refractivity contribution is 0.477. The van der Waals surface area contributed by atoms with Gasteiger partial charge in [0, 0.05) is 10.8 Å². The van der Waals surface area contributed by atoms with E-state index in [-0.39, 0.29) is 0 Å². The van der Waals surface area contributed by atoms with Crippen LogP contribution < -0.4 is 0 Å². The zero-order valence-corrected chi connectivity index (χ0v) is 11.3. The highest BCUT2D eigenvalue weighted by atomic mass is 16.3. The van der Waals surface area contributed by atoms with Crippen LogP contribution in [0.3, 0.4) is 0 Å². The summed E-state index contributed by atoms with van der Waals surface area (Å²) in [6.45, 7) is 10.1. The molecule has 0 bridgehead atoms. The van der Waals surface area contributed by atoms with E-state index in [1.807, 2.05) is 13.8 Å². The molecule has 0 saturated heterocycles. The van der Waals surface area contributed by atoms with E-state index in [9.17, 15) is 5.11 Å². The van der Waals surface area contributed by atoms with Gasteiger partial charge in [-0.3, -0.25) is 0 Å². The summed E-state index contributed by atoms with van der Waals surface area (Å²) in [4.78, 5) is 0. The lowest BCUT2D eigenvalue weighted by Crippen LogP contribution is -1.93. The molecule has 1 aliphatic rings. The van der Waals surface area contributed by atoms with Crippen LogP contribution in [-0.4, -0.2) is 5.11 Å². The number of azo groups is 1. The van der Waals surface area contributed by atoms with Crippen molar-refractivity contribution < 1.29 is 5.11 Å². The van der Waals surface area contributed by atoms with Crippen LogP contribution in [0.4, 0.5) is 11.4 Å². The predicted octanol–water partition coefficient (Wildman–Crippen LogP) is 4.82. The van der Waals surface area contributed by atoms with E-state index in [1.54, 1.807) is 0 Å². The van der Waals surface area contributed by atoms with E-state index in [1.165, 1.54) is 5.56 Å². The second-order valence-corrected chi connectivity index (χ2v) is 5.12. The molecule has 0 fully saturated rings. The van der Waals surface area contributed by atoms with Crippen molar-refractivity contribution in [3.63, 3.8) is 0 Å². The van der Waals surface area contributed by atoms with Crippen molar-refractivity contribution in [2.45, 2.75) is 34.6 Å². The second-order valence-electron chi connectivity index (χ2n) is 5.12. The Morgan fingerprint density at radius 1 is 0.611 bits per heavy atom. The third-order valence-corrected chi connectivity index (χ3v) is 4.34. The molecule has 0 radical (unpaired) electrons. The summed E-state index contributed by atoms with van der Waals surface area (Å²) in [6, 6.07) is 0. The third kappa shape index (κ3) is 1.09. The van der Waals surface area contributed by atoms with Crippen molar-refractivity contribution >= 4 is 22.1 Å². The van der Waals surface area contributed by atoms with Crippen molar-refractivity contribution in [2.75, 3.05) is 0 Å². The molecule has 0 spiro atoms. The topological polar surface area (TPSA) is 45.0 Å². The number of aromatic hydroxyl groups is 1. The molecule has 92 valence electrons. The first-order valence-corrected chi connectivity index (χ1v) is 6.12. The molecule has 3 heteroatoms. The van der Waals surface area contributed by atoms with Gasteiger partial charge >= 0.3 is 0 Å². The standard InChI is InChI=1S/C15H16N2O/c1-6-7(2)11-12-13(8(6)3)16-17-14(12)9(4)10(5)15(11)18/h18H,1-5H3. The largest absolute Gasteiger partial charge is 0.507 e. The molecule has 0 amide bonds. The normalized spacial score (nSPS) is 12.7. The minimum absolute atomic E-state index is 0.375. The molecule has 0 saturated carbocycles. The van der Waals surface area contributed by atoms with Gasteiger partial charge in [0.2, 0.25) is 0 Å². The summed E-state index contributed by atoms with van der Waals surface area (Å²) in [5, 5.41) is 21.0. The van der Waals surface area contributed by atoms with Gasteiger partial charge in [-0.25, -0.2) is 0 Å². The first-order valence-electron chi connectivity index (χ1n) is 6.12. The molecule has 0 aromatic heterocycles. The molecule has 0 aliphatic carbocycles. The number of rotatable bonds is 0.